The predicted molar refractivity (Wildman–Crippen MR) is 124 cm³/mol. The van der Waals surface area contributed by atoms with Crippen molar-refractivity contribution in [2.24, 2.45) is 0 Å². The van der Waals surface area contributed by atoms with Crippen molar-refractivity contribution in [1.82, 2.24) is 4.90 Å². The molecule has 0 saturated carbocycles. The Kier molecular flexibility index (Phi) is 7.34. The van der Waals surface area contributed by atoms with Crippen LogP contribution in [0.25, 0.3) is 17.4 Å². The summed E-state index contributed by atoms with van der Waals surface area (Å²) >= 11 is 20.1. The van der Waals surface area contributed by atoms with Crippen LogP contribution in [-0.2, 0) is 9.59 Å². The summed E-state index contributed by atoms with van der Waals surface area (Å²) in [5.74, 6) is 0.0181. The van der Waals surface area contributed by atoms with Crippen LogP contribution in [0, 0.1) is 0 Å². The maximum absolute atomic E-state index is 12.8. The molecule has 2 aromatic rings. The molecule has 5 nitrogen and oxygen atoms in total. The molecule has 1 N–H and O–H groups in total. The minimum atomic E-state index is -1.08. The average molecular weight is 488 g/mol. The Balaban J connectivity index is 1.85. The van der Waals surface area contributed by atoms with Gasteiger partial charge in [0, 0.05) is 16.7 Å². The molecule has 3 rings (SSSR count). The van der Waals surface area contributed by atoms with Gasteiger partial charge >= 0.3 is 5.97 Å². The van der Waals surface area contributed by atoms with Gasteiger partial charge in [-0.25, -0.2) is 4.79 Å². The van der Waals surface area contributed by atoms with E-state index < -0.39 is 17.9 Å². The number of carboxylic acid groups (broad SMARTS) is 1. The lowest BCUT2D eigenvalue weighted by molar-refractivity contribution is -0.145. The number of hydrogen-bond donors (Lipinski definition) is 1. The second-order valence-electron chi connectivity index (χ2n) is 6.01. The van der Waals surface area contributed by atoms with E-state index in [1.807, 2.05) is 6.26 Å². The highest BCUT2D eigenvalue weighted by Gasteiger charge is 2.40. The first-order valence-electron chi connectivity index (χ1n) is 8.36. The summed E-state index contributed by atoms with van der Waals surface area (Å²) in [4.78, 5) is 25.9. The molecule has 0 bridgehead atoms. The van der Waals surface area contributed by atoms with E-state index in [4.69, 9.17) is 39.8 Å². The van der Waals surface area contributed by atoms with Crippen LogP contribution < -0.4 is 0 Å². The van der Waals surface area contributed by atoms with Gasteiger partial charge in [-0.15, -0.1) is 0 Å². The maximum atomic E-state index is 12.8. The van der Waals surface area contributed by atoms with Crippen LogP contribution in [0.5, 0.6) is 0 Å². The van der Waals surface area contributed by atoms with E-state index in [0.29, 0.717) is 44.2 Å². The molecular weight excluding hydrogens is 473 g/mol. The first-order chi connectivity index (χ1) is 13.8. The Bertz CT molecular complexity index is 1010. The fourth-order valence-electron chi connectivity index (χ4n) is 2.73. The lowest BCUT2D eigenvalue weighted by Gasteiger charge is -2.22. The molecule has 152 valence electrons. The molecule has 0 spiro atoms. The zero-order valence-corrected chi connectivity index (χ0v) is 19.0. The summed E-state index contributed by atoms with van der Waals surface area (Å²) in [6.07, 6.45) is 3.74. The van der Waals surface area contributed by atoms with E-state index in [0.717, 1.165) is 11.8 Å². The number of rotatable bonds is 7. The van der Waals surface area contributed by atoms with Gasteiger partial charge < -0.3 is 9.52 Å². The molecule has 0 aliphatic carbocycles. The van der Waals surface area contributed by atoms with Crippen molar-refractivity contribution in [3.63, 3.8) is 0 Å². The van der Waals surface area contributed by atoms with Gasteiger partial charge in [0.25, 0.3) is 5.91 Å². The second-order valence-corrected chi connectivity index (χ2v) is 9.52. The monoisotopic (exact) mass is 487 g/mol. The fourth-order valence-corrected chi connectivity index (χ4v) is 4.91. The molecule has 0 radical (unpaired) electrons. The lowest BCUT2D eigenvalue weighted by Crippen LogP contribution is -2.44. The summed E-state index contributed by atoms with van der Waals surface area (Å²) in [6, 6.07) is 7.48. The SMILES string of the molecule is CSCCC(C(=O)O)N1C(=O)/C(=C/c2ccc(-c3cc(Cl)ccc3Cl)o2)SC1=S. The van der Waals surface area contributed by atoms with Crippen molar-refractivity contribution in [3.8, 4) is 11.3 Å². The standard InChI is InChI=1S/C19H15Cl2NO4S3/c1-28-7-6-14(18(24)25)22-17(23)16(29-19(22)27)9-11-3-5-15(26-11)12-8-10(20)2-4-13(12)21/h2-5,8-9,14H,6-7H2,1H3,(H,24,25)/b16-9-. The number of halogens is 2. The Hall–Kier alpha value is -1.45. The third-order valence-corrected chi connectivity index (χ3v) is 6.65. The number of furan rings is 1. The average Bonchev–Trinajstić information content (AvgIpc) is 3.23. The van der Waals surface area contributed by atoms with Crippen LogP contribution in [0.3, 0.4) is 0 Å². The highest BCUT2D eigenvalue weighted by molar-refractivity contribution is 8.26. The van der Waals surface area contributed by atoms with Gasteiger partial charge in [0.2, 0.25) is 0 Å². The summed E-state index contributed by atoms with van der Waals surface area (Å²) in [7, 11) is 0. The third-order valence-electron chi connectivity index (χ3n) is 4.11. The van der Waals surface area contributed by atoms with Gasteiger partial charge in [-0.2, -0.15) is 11.8 Å². The summed E-state index contributed by atoms with van der Waals surface area (Å²) in [5, 5.41) is 10.5. The first-order valence-corrected chi connectivity index (χ1v) is 11.7. The number of thiocarbonyl (C=S) groups is 1. The first kappa shape index (κ1) is 22.2. The van der Waals surface area contributed by atoms with Crippen LogP contribution in [0.4, 0.5) is 0 Å². The van der Waals surface area contributed by atoms with Crippen molar-refractivity contribution in [2.75, 3.05) is 12.0 Å². The molecule has 1 aromatic heterocycles. The van der Waals surface area contributed by atoms with Crippen LogP contribution in [0.2, 0.25) is 10.0 Å². The smallest absolute Gasteiger partial charge is 0.326 e. The van der Waals surface area contributed by atoms with Gasteiger partial charge in [-0.05, 0) is 48.8 Å². The zero-order valence-electron chi connectivity index (χ0n) is 15.1. The number of nitrogens with zero attached hydrogens (tertiary/aromatic N) is 1. The molecular formula is C19H15Cl2NO4S3. The quantitative estimate of drug-likeness (QED) is 0.398. The van der Waals surface area contributed by atoms with Gasteiger partial charge in [0.05, 0.1) is 9.93 Å². The summed E-state index contributed by atoms with van der Waals surface area (Å²) in [5.41, 5.74) is 0.634. The number of hydrogen-bond acceptors (Lipinski definition) is 6. The Morgan fingerprint density at radius 1 is 1.38 bits per heavy atom. The number of benzene rings is 1. The highest BCUT2D eigenvalue weighted by atomic mass is 35.5. The Morgan fingerprint density at radius 2 is 2.14 bits per heavy atom. The van der Waals surface area contributed by atoms with Gasteiger partial charge in [0.1, 0.15) is 21.9 Å². The molecule has 1 unspecified atom stereocenters. The van der Waals surface area contributed by atoms with E-state index >= 15 is 0 Å². The largest absolute Gasteiger partial charge is 0.480 e. The van der Waals surface area contributed by atoms with Crippen LogP contribution in [0.1, 0.15) is 12.2 Å². The maximum Gasteiger partial charge on any atom is 0.326 e. The molecule has 1 aliphatic heterocycles. The van der Waals surface area contributed by atoms with Crippen LogP contribution >= 0.6 is 58.9 Å². The van der Waals surface area contributed by atoms with Crippen LogP contribution in [0.15, 0.2) is 39.7 Å². The molecule has 10 heteroatoms. The number of carbonyl (C=O) groups excluding carboxylic acids is 1. The van der Waals surface area contributed by atoms with Crippen molar-refractivity contribution < 1.29 is 19.1 Å². The van der Waals surface area contributed by atoms with E-state index in [9.17, 15) is 14.7 Å². The number of carbonyl (C=O) groups is 2. The lowest BCUT2D eigenvalue weighted by atomic mass is 10.2. The molecule has 1 fully saturated rings. The van der Waals surface area contributed by atoms with Crippen molar-refractivity contribution in [3.05, 3.63) is 51.0 Å². The van der Waals surface area contributed by atoms with Gasteiger partial charge in [0.15, 0.2) is 0 Å². The molecule has 1 amide bonds. The van der Waals surface area contributed by atoms with E-state index in [-0.39, 0.29) is 4.32 Å². The number of aliphatic carboxylic acids is 1. The highest BCUT2D eigenvalue weighted by Crippen LogP contribution is 2.37. The normalized spacial score (nSPS) is 16.7. The molecule has 2 heterocycles. The van der Waals surface area contributed by atoms with Crippen molar-refractivity contribution in [2.45, 2.75) is 12.5 Å². The topological polar surface area (TPSA) is 70.8 Å². The molecule has 1 saturated heterocycles. The van der Waals surface area contributed by atoms with E-state index in [2.05, 4.69) is 0 Å². The number of amides is 1. The van der Waals surface area contributed by atoms with E-state index in [1.54, 1.807) is 36.4 Å². The Morgan fingerprint density at radius 3 is 2.83 bits per heavy atom. The molecule has 1 aromatic carbocycles. The van der Waals surface area contributed by atoms with Gasteiger partial charge in [-0.3, -0.25) is 9.69 Å². The minimum absolute atomic E-state index is 0.222. The number of thioether (sulfide) groups is 2. The number of carboxylic acids is 1. The predicted octanol–water partition coefficient (Wildman–Crippen LogP) is 5.66. The van der Waals surface area contributed by atoms with Gasteiger partial charge in [-0.1, -0.05) is 47.2 Å². The molecule has 1 atom stereocenters. The molecule has 1 aliphatic rings. The Labute approximate surface area is 191 Å². The fraction of sp³-hybridized carbons (Fsp3) is 0.211. The zero-order chi connectivity index (χ0) is 21.1. The third kappa shape index (κ3) is 5.00. The van der Waals surface area contributed by atoms with Crippen LogP contribution in [-0.4, -0.2) is 44.3 Å². The summed E-state index contributed by atoms with van der Waals surface area (Å²) < 4.78 is 6.01. The van der Waals surface area contributed by atoms with E-state index in [1.165, 1.54) is 16.7 Å². The molecule has 29 heavy (non-hydrogen) atoms. The van der Waals surface area contributed by atoms with Crippen molar-refractivity contribution >= 4 is 81.2 Å². The minimum Gasteiger partial charge on any atom is -0.480 e. The summed E-state index contributed by atoms with van der Waals surface area (Å²) in [6.45, 7) is 0. The van der Waals surface area contributed by atoms with Crippen molar-refractivity contribution in [1.29, 1.82) is 0 Å². The second kappa shape index (κ2) is 9.57.